The lowest BCUT2D eigenvalue weighted by Gasteiger charge is -2.45. The molecule has 1 atom stereocenters. The number of imidazole rings is 1. The molecule has 2 aliphatic rings. The quantitative estimate of drug-likeness (QED) is 0.777. The Morgan fingerprint density at radius 2 is 2.17 bits per heavy atom. The molecule has 1 N–H and O–H groups in total. The Hall–Kier alpha value is -2.29. The SMILES string of the molecule is CN(C)CCNC(=O)[C@@H]1Cn2ccnc2C2(CCN(Cc3cccc(F)c3)CC2)O1. The Morgan fingerprint density at radius 3 is 2.90 bits per heavy atom. The summed E-state index contributed by atoms with van der Waals surface area (Å²) in [6.07, 6.45) is 4.69. The molecule has 8 heteroatoms. The molecule has 0 aliphatic carbocycles. The predicted molar refractivity (Wildman–Crippen MR) is 111 cm³/mol. The third-order valence-electron chi connectivity index (χ3n) is 5.96. The molecule has 0 bridgehead atoms. The average Bonchev–Trinajstić information content (AvgIpc) is 3.19. The van der Waals surface area contributed by atoms with Gasteiger partial charge in [-0.2, -0.15) is 0 Å². The second-order valence-electron chi connectivity index (χ2n) is 8.50. The molecule has 1 spiro atoms. The number of likely N-dealkylation sites (tertiary alicyclic amines) is 1. The Kier molecular flexibility index (Phi) is 6.17. The van der Waals surface area contributed by atoms with Crippen molar-refractivity contribution in [2.45, 2.75) is 37.6 Å². The number of halogens is 1. The normalized spacial score (nSPS) is 21.0. The minimum absolute atomic E-state index is 0.0715. The molecule has 0 unspecified atom stereocenters. The van der Waals surface area contributed by atoms with Crippen LogP contribution in [-0.4, -0.2) is 71.6 Å². The van der Waals surface area contributed by atoms with E-state index in [1.807, 2.05) is 31.3 Å². The van der Waals surface area contributed by atoms with Gasteiger partial charge in [-0.05, 0) is 44.6 Å². The Labute approximate surface area is 176 Å². The van der Waals surface area contributed by atoms with Crippen molar-refractivity contribution in [2.24, 2.45) is 0 Å². The van der Waals surface area contributed by atoms with E-state index in [2.05, 4.69) is 19.8 Å². The van der Waals surface area contributed by atoms with Crippen molar-refractivity contribution in [3.8, 4) is 0 Å². The van der Waals surface area contributed by atoms with Gasteiger partial charge >= 0.3 is 0 Å². The van der Waals surface area contributed by atoms with Gasteiger partial charge in [0.15, 0.2) is 6.10 Å². The number of nitrogens with one attached hydrogen (secondary N) is 1. The molecule has 1 amide bonds. The third kappa shape index (κ3) is 4.55. The number of hydrogen-bond acceptors (Lipinski definition) is 5. The molecular weight excluding hydrogens is 385 g/mol. The second-order valence-corrected chi connectivity index (χ2v) is 8.50. The van der Waals surface area contributed by atoms with Crippen LogP contribution in [0.25, 0.3) is 0 Å². The van der Waals surface area contributed by atoms with Crippen LogP contribution in [0.1, 0.15) is 24.2 Å². The van der Waals surface area contributed by atoms with Crippen LogP contribution in [0.2, 0.25) is 0 Å². The van der Waals surface area contributed by atoms with Gasteiger partial charge in [-0.3, -0.25) is 9.69 Å². The Bertz CT molecular complexity index is 876. The highest BCUT2D eigenvalue weighted by Gasteiger charge is 2.47. The number of aromatic nitrogens is 2. The number of ether oxygens (including phenoxy) is 1. The highest BCUT2D eigenvalue weighted by atomic mass is 19.1. The summed E-state index contributed by atoms with van der Waals surface area (Å²) in [6.45, 7) is 4.18. The highest BCUT2D eigenvalue weighted by molar-refractivity contribution is 5.80. The predicted octanol–water partition coefficient (Wildman–Crippen LogP) is 1.59. The fourth-order valence-corrected chi connectivity index (χ4v) is 4.36. The van der Waals surface area contributed by atoms with Gasteiger partial charge in [-0.15, -0.1) is 0 Å². The van der Waals surface area contributed by atoms with Gasteiger partial charge in [0.2, 0.25) is 0 Å². The minimum atomic E-state index is -0.552. The summed E-state index contributed by atoms with van der Waals surface area (Å²) in [5.74, 6) is 0.629. The topological polar surface area (TPSA) is 62.6 Å². The molecule has 1 saturated heterocycles. The van der Waals surface area contributed by atoms with E-state index in [4.69, 9.17) is 4.74 Å². The van der Waals surface area contributed by atoms with Gasteiger partial charge in [0.25, 0.3) is 5.91 Å². The summed E-state index contributed by atoms with van der Waals surface area (Å²) >= 11 is 0. The van der Waals surface area contributed by atoms with Crippen LogP contribution in [0.3, 0.4) is 0 Å². The number of likely N-dealkylation sites (N-methyl/N-ethyl adjacent to an activating group) is 1. The summed E-state index contributed by atoms with van der Waals surface area (Å²) in [7, 11) is 3.96. The zero-order valence-electron chi connectivity index (χ0n) is 17.7. The molecule has 0 radical (unpaired) electrons. The molecule has 7 nitrogen and oxygen atoms in total. The second kappa shape index (κ2) is 8.83. The van der Waals surface area contributed by atoms with E-state index in [0.29, 0.717) is 19.6 Å². The first-order valence-electron chi connectivity index (χ1n) is 10.5. The Balaban J connectivity index is 1.42. The van der Waals surface area contributed by atoms with Gasteiger partial charge in [0.1, 0.15) is 17.2 Å². The maximum Gasteiger partial charge on any atom is 0.251 e. The van der Waals surface area contributed by atoms with Crippen LogP contribution >= 0.6 is 0 Å². The van der Waals surface area contributed by atoms with Crippen molar-refractivity contribution in [1.82, 2.24) is 24.7 Å². The number of hydrogen-bond donors (Lipinski definition) is 1. The lowest BCUT2D eigenvalue weighted by molar-refractivity contribution is -0.173. The molecule has 1 aromatic carbocycles. The maximum atomic E-state index is 13.5. The Morgan fingerprint density at radius 1 is 1.37 bits per heavy atom. The van der Waals surface area contributed by atoms with Crippen LogP contribution in [0.15, 0.2) is 36.7 Å². The van der Waals surface area contributed by atoms with E-state index in [9.17, 15) is 9.18 Å². The number of piperidine rings is 1. The average molecular weight is 416 g/mol. The molecular formula is C22H30FN5O2. The van der Waals surface area contributed by atoms with Crippen molar-refractivity contribution in [3.63, 3.8) is 0 Å². The number of benzene rings is 1. The van der Waals surface area contributed by atoms with Crippen molar-refractivity contribution in [2.75, 3.05) is 40.3 Å². The van der Waals surface area contributed by atoms with Crippen LogP contribution in [0, 0.1) is 5.82 Å². The van der Waals surface area contributed by atoms with E-state index >= 15 is 0 Å². The van der Waals surface area contributed by atoms with Crippen molar-refractivity contribution < 1.29 is 13.9 Å². The van der Waals surface area contributed by atoms with Crippen LogP contribution in [-0.2, 0) is 28.2 Å². The molecule has 2 aliphatic heterocycles. The lowest BCUT2D eigenvalue weighted by atomic mass is 9.88. The van der Waals surface area contributed by atoms with Gasteiger partial charge in [0, 0.05) is 45.1 Å². The van der Waals surface area contributed by atoms with Gasteiger partial charge in [0.05, 0.1) is 6.54 Å². The fraction of sp³-hybridized carbons (Fsp3) is 0.545. The first-order chi connectivity index (χ1) is 14.4. The van der Waals surface area contributed by atoms with E-state index in [0.717, 1.165) is 43.9 Å². The molecule has 1 aromatic heterocycles. The lowest BCUT2D eigenvalue weighted by Crippen LogP contribution is -2.54. The zero-order valence-corrected chi connectivity index (χ0v) is 17.7. The van der Waals surface area contributed by atoms with Gasteiger partial charge in [-0.1, -0.05) is 12.1 Å². The molecule has 4 rings (SSSR count). The molecule has 2 aromatic rings. The number of rotatable bonds is 6. The van der Waals surface area contributed by atoms with E-state index in [-0.39, 0.29) is 11.7 Å². The van der Waals surface area contributed by atoms with Crippen LogP contribution < -0.4 is 5.32 Å². The number of carbonyl (C=O) groups excluding carboxylic acids is 1. The summed E-state index contributed by atoms with van der Waals surface area (Å²) in [6, 6.07) is 6.75. The van der Waals surface area contributed by atoms with Crippen molar-refractivity contribution in [3.05, 3.63) is 53.9 Å². The van der Waals surface area contributed by atoms with Gasteiger partial charge < -0.3 is 19.5 Å². The number of nitrogens with zero attached hydrogens (tertiary/aromatic N) is 4. The molecule has 3 heterocycles. The summed E-state index contributed by atoms with van der Waals surface area (Å²) in [5.41, 5.74) is 0.416. The highest BCUT2D eigenvalue weighted by Crippen LogP contribution is 2.40. The number of amides is 1. The molecule has 0 saturated carbocycles. The minimum Gasteiger partial charge on any atom is -0.352 e. The first kappa shape index (κ1) is 21.0. The summed E-state index contributed by atoms with van der Waals surface area (Å²) < 4.78 is 22.0. The standard InChI is InChI=1S/C22H30FN5O2/c1-26(2)12-8-24-20(29)19-16-28-13-9-25-21(28)22(30-19)6-10-27(11-7-22)15-17-4-3-5-18(23)14-17/h3-5,9,13-14,19H,6-8,10-12,15-16H2,1-2H3,(H,24,29)/t19-/m0/s1. The first-order valence-corrected chi connectivity index (χ1v) is 10.5. The van der Waals surface area contributed by atoms with Crippen LogP contribution in [0.5, 0.6) is 0 Å². The molecule has 162 valence electrons. The smallest absolute Gasteiger partial charge is 0.251 e. The van der Waals surface area contributed by atoms with Crippen molar-refractivity contribution in [1.29, 1.82) is 0 Å². The van der Waals surface area contributed by atoms with Crippen LogP contribution in [0.4, 0.5) is 4.39 Å². The van der Waals surface area contributed by atoms with E-state index < -0.39 is 11.7 Å². The summed E-state index contributed by atoms with van der Waals surface area (Å²) in [4.78, 5) is 21.6. The number of carbonyl (C=O) groups is 1. The maximum absolute atomic E-state index is 13.5. The molecule has 30 heavy (non-hydrogen) atoms. The fourth-order valence-electron chi connectivity index (χ4n) is 4.36. The number of fused-ring (bicyclic) bond motifs is 2. The van der Waals surface area contributed by atoms with Gasteiger partial charge in [-0.25, -0.2) is 9.37 Å². The largest absolute Gasteiger partial charge is 0.352 e. The van der Waals surface area contributed by atoms with Crippen molar-refractivity contribution >= 4 is 5.91 Å². The van der Waals surface area contributed by atoms with E-state index in [1.165, 1.54) is 6.07 Å². The molecule has 1 fully saturated rings. The zero-order chi connectivity index (χ0) is 21.1. The van der Waals surface area contributed by atoms with E-state index in [1.54, 1.807) is 18.3 Å². The summed E-state index contributed by atoms with van der Waals surface area (Å²) in [5, 5.41) is 2.99. The third-order valence-corrected chi connectivity index (χ3v) is 5.96. The monoisotopic (exact) mass is 415 g/mol.